The Morgan fingerprint density at radius 1 is 1.50 bits per heavy atom. The van der Waals surface area contributed by atoms with Gasteiger partial charge in [0.1, 0.15) is 6.54 Å². The summed E-state index contributed by atoms with van der Waals surface area (Å²) in [4.78, 5) is 9.65. The van der Waals surface area contributed by atoms with Gasteiger partial charge in [-0.2, -0.15) is 5.43 Å². The van der Waals surface area contributed by atoms with Gasteiger partial charge in [0.25, 0.3) is 0 Å². The summed E-state index contributed by atoms with van der Waals surface area (Å²) in [6.45, 7) is 0.295. The lowest BCUT2D eigenvalue weighted by atomic mass is 10.7. The fourth-order valence-corrected chi connectivity index (χ4v) is 0.269. The van der Waals surface area contributed by atoms with Gasteiger partial charge in [-0.25, -0.2) is 0 Å². The van der Waals surface area contributed by atoms with E-state index in [9.17, 15) is 4.79 Å². The molecule has 0 spiro atoms. The second-order valence-corrected chi connectivity index (χ2v) is 2.49. The van der Waals surface area contributed by atoms with Crippen molar-refractivity contribution >= 4 is 6.29 Å². The summed E-state index contributed by atoms with van der Waals surface area (Å²) in [5.41, 5.74) is 2.89. The van der Waals surface area contributed by atoms with Crippen LogP contribution in [-0.4, -0.2) is 38.6 Å². The van der Waals surface area contributed by atoms with Crippen LogP contribution in [0.2, 0.25) is 0 Å². The molecule has 0 aliphatic carbocycles. The van der Waals surface area contributed by atoms with Crippen LogP contribution in [0.1, 0.15) is 0 Å². The van der Waals surface area contributed by atoms with E-state index in [4.69, 9.17) is 0 Å². The minimum absolute atomic E-state index is 0.295. The zero-order chi connectivity index (χ0) is 6.62. The van der Waals surface area contributed by atoms with E-state index >= 15 is 0 Å². The third-order valence-corrected chi connectivity index (χ3v) is 0.626. The van der Waals surface area contributed by atoms with Gasteiger partial charge in [0.05, 0.1) is 21.1 Å². The van der Waals surface area contributed by atoms with Gasteiger partial charge >= 0.3 is 0 Å². The number of rotatable bonds is 3. The lowest BCUT2D eigenvalue weighted by Gasteiger charge is -2.21. The maximum atomic E-state index is 9.65. The Bertz CT molecular complexity index is 75.0. The normalized spacial score (nSPS) is 11.4. The van der Waals surface area contributed by atoms with Crippen LogP contribution >= 0.6 is 0 Å². The van der Waals surface area contributed by atoms with Gasteiger partial charge in [0.15, 0.2) is 0 Å². The molecule has 0 heterocycles. The Labute approximate surface area is 49.9 Å². The van der Waals surface area contributed by atoms with Gasteiger partial charge in [0.2, 0.25) is 6.29 Å². The summed E-state index contributed by atoms with van der Waals surface area (Å²) < 4.78 is 0.592. The highest BCUT2D eigenvalue weighted by atomic mass is 16.1. The minimum atomic E-state index is 0.295. The van der Waals surface area contributed by atoms with Crippen LogP contribution in [0.5, 0.6) is 0 Å². The SMILES string of the molecule is C[N+](C)(C)NC[C]=O. The van der Waals surface area contributed by atoms with Crippen molar-refractivity contribution in [1.82, 2.24) is 5.43 Å². The Kier molecular flexibility index (Phi) is 2.65. The molecule has 3 nitrogen and oxygen atoms in total. The summed E-state index contributed by atoms with van der Waals surface area (Å²) in [6.07, 6.45) is 1.75. The molecule has 0 atom stereocenters. The highest BCUT2D eigenvalue weighted by Crippen LogP contribution is 1.76. The van der Waals surface area contributed by atoms with Crippen LogP contribution in [0.25, 0.3) is 0 Å². The fourth-order valence-electron chi connectivity index (χ4n) is 0.269. The number of nitrogens with zero attached hydrogens (tertiary/aromatic N) is 1. The standard InChI is InChI=1S/C5H12N2O/c1-7(2,3)6-4-5-8/h6H,4H2,1-3H3/q+1. The number of hydrogen-bond donors (Lipinski definition) is 1. The lowest BCUT2D eigenvalue weighted by molar-refractivity contribution is -0.914. The van der Waals surface area contributed by atoms with Crippen molar-refractivity contribution in [2.24, 2.45) is 0 Å². The van der Waals surface area contributed by atoms with E-state index < -0.39 is 0 Å². The molecule has 8 heavy (non-hydrogen) atoms. The maximum Gasteiger partial charge on any atom is 0.218 e. The molecular weight excluding hydrogens is 104 g/mol. The van der Waals surface area contributed by atoms with Crippen LogP contribution in [0.4, 0.5) is 0 Å². The molecular formula is C5H12N2O+. The van der Waals surface area contributed by atoms with Gasteiger partial charge in [-0.1, -0.05) is 0 Å². The van der Waals surface area contributed by atoms with Gasteiger partial charge in [-0.3, -0.25) is 9.39 Å². The number of hydrogen-bond acceptors (Lipinski definition) is 2. The Hall–Kier alpha value is -0.410. The maximum absolute atomic E-state index is 9.65. The second kappa shape index (κ2) is 2.79. The molecule has 3 heteroatoms. The molecule has 0 saturated heterocycles. The monoisotopic (exact) mass is 116 g/mol. The third-order valence-electron chi connectivity index (χ3n) is 0.626. The smallest absolute Gasteiger partial charge is 0.218 e. The van der Waals surface area contributed by atoms with E-state index in [1.807, 2.05) is 21.1 Å². The molecule has 0 rings (SSSR count). The molecule has 0 unspecified atom stereocenters. The molecule has 0 bridgehead atoms. The quantitative estimate of drug-likeness (QED) is 0.390. The molecule has 0 aliphatic heterocycles. The molecule has 47 valence electrons. The van der Waals surface area contributed by atoms with E-state index in [1.54, 1.807) is 6.29 Å². The van der Waals surface area contributed by atoms with Crippen LogP contribution in [0.3, 0.4) is 0 Å². The predicted molar refractivity (Wildman–Crippen MR) is 31.7 cm³/mol. The summed E-state index contributed by atoms with van der Waals surface area (Å²) >= 11 is 0. The van der Waals surface area contributed by atoms with Crippen molar-refractivity contribution in [3.8, 4) is 0 Å². The zero-order valence-electron chi connectivity index (χ0n) is 5.56. The molecule has 0 fully saturated rings. The molecule has 0 amide bonds. The summed E-state index contributed by atoms with van der Waals surface area (Å²) in [7, 11) is 5.83. The third kappa shape index (κ3) is 5.59. The summed E-state index contributed by atoms with van der Waals surface area (Å²) in [6, 6.07) is 0. The molecule has 0 aromatic rings. The largest absolute Gasteiger partial charge is 0.289 e. The van der Waals surface area contributed by atoms with Crippen LogP contribution in [0, 0.1) is 0 Å². The second-order valence-electron chi connectivity index (χ2n) is 2.49. The molecule has 0 aromatic carbocycles. The van der Waals surface area contributed by atoms with E-state index in [2.05, 4.69) is 5.43 Å². The van der Waals surface area contributed by atoms with E-state index in [0.29, 0.717) is 11.1 Å². The van der Waals surface area contributed by atoms with Gasteiger partial charge in [0, 0.05) is 0 Å². The van der Waals surface area contributed by atoms with Crippen molar-refractivity contribution in [2.75, 3.05) is 27.7 Å². The summed E-state index contributed by atoms with van der Waals surface area (Å²) in [5.74, 6) is 0. The molecule has 0 aliphatic rings. The fraction of sp³-hybridized carbons (Fsp3) is 0.800. The average Bonchev–Trinajstić information content (AvgIpc) is 1.59. The Balaban J connectivity index is 3.24. The minimum Gasteiger partial charge on any atom is -0.289 e. The average molecular weight is 116 g/mol. The molecule has 0 saturated carbocycles. The van der Waals surface area contributed by atoms with Crippen LogP contribution < -0.4 is 5.43 Å². The molecule has 0 aromatic heterocycles. The zero-order valence-corrected chi connectivity index (χ0v) is 5.56. The van der Waals surface area contributed by atoms with Crippen molar-refractivity contribution < 1.29 is 9.39 Å². The van der Waals surface area contributed by atoms with Gasteiger partial charge < -0.3 is 0 Å². The first kappa shape index (κ1) is 7.59. The molecule has 1 radical (unpaired) electrons. The van der Waals surface area contributed by atoms with Crippen LogP contribution in [-0.2, 0) is 4.79 Å². The van der Waals surface area contributed by atoms with Crippen molar-refractivity contribution in [3.63, 3.8) is 0 Å². The van der Waals surface area contributed by atoms with Crippen molar-refractivity contribution in [1.29, 1.82) is 0 Å². The van der Waals surface area contributed by atoms with E-state index in [0.717, 1.165) is 0 Å². The van der Waals surface area contributed by atoms with E-state index in [-0.39, 0.29) is 0 Å². The highest BCUT2D eigenvalue weighted by molar-refractivity contribution is 5.52. The number of nitrogens with one attached hydrogen (secondary N) is 1. The number of carbonyl (C=O) groups excluding carboxylic acids is 1. The first-order chi connectivity index (χ1) is 3.56. The number of quaternary nitrogens is 1. The van der Waals surface area contributed by atoms with E-state index in [1.165, 1.54) is 0 Å². The topological polar surface area (TPSA) is 29.1 Å². The highest BCUT2D eigenvalue weighted by Gasteiger charge is 2.02. The van der Waals surface area contributed by atoms with Gasteiger partial charge in [-0.15, -0.1) is 0 Å². The Morgan fingerprint density at radius 2 is 2.00 bits per heavy atom. The van der Waals surface area contributed by atoms with Crippen LogP contribution in [0.15, 0.2) is 0 Å². The first-order valence-corrected chi connectivity index (χ1v) is 2.48. The first-order valence-electron chi connectivity index (χ1n) is 2.48. The Morgan fingerprint density at radius 3 is 2.12 bits per heavy atom. The summed E-state index contributed by atoms with van der Waals surface area (Å²) in [5, 5.41) is 0. The van der Waals surface area contributed by atoms with Crippen molar-refractivity contribution in [3.05, 3.63) is 0 Å². The molecule has 1 N–H and O–H groups in total. The predicted octanol–water partition coefficient (Wildman–Crippen LogP) is -0.693. The van der Waals surface area contributed by atoms with Gasteiger partial charge in [-0.05, 0) is 0 Å². The lowest BCUT2D eigenvalue weighted by Crippen LogP contribution is -2.48. The van der Waals surface area contributed by atoms with Crippen molar-refractivity contribution in [2.45, 2.75) is 0 Å².